The van der Waals surface area contributed by atoms with Gasteiger partial charge in [-0.3, -0.25) is 4.98 Å². The number of benzene rings is 3. The van der Waals surface area contributed by atoms with Gasteiger partial charge in [0, 0.05) is 6.20 Å². The van der Waals surface area contributed by atoms with E-state index in [1.54, 1.807) is 0 Å². The van der Waals surface area contributed by atoms with Gasteiger partial charge < -0.3 is 0 Å². The van der Waals surface area contributed by atoms with Gasteiger partial charge in [0.2, 0.25) is 0 Å². The van der Waals surface area contributed by atoms with Crippen molar-refractivity contribution in [1.82, 2.24) is 4.98 Å². The maximum Gasteiger partial charge on any atom is 0.0522 e. The molecule has 0 saturated carbocycles. The summed E-state index contributed by atoms with van der Waals surface area (Å²) in [6.45, 7) is 2.19. The van der Waals surface area contributed by atoms with Crippen molar-refractivity contribution < 1.29 is 0 Å². The van der Waals surface area contributed by atoms with Crippen LogP contribution in [0.3, 0.4) is 0 Å². The van der Waals surface area contributed by atoms with Gasteiger partial charge in [0.15, 0.2) is 0 Å². The molecule has 1 atom stereocenters. The van der Waals surface area contributed by atoms with Crippen LogP contribution < -0.4 is 0 Å². The Kier molecular flexibility index (Phi) is 3.84. The first-order valence-electron chi connectivity index (χ1n) is 8.28. The van der Waals surface area contributed by atoms with E-state index in [-0.39, 0.29) is 5.92 Å². The van der Waals surface area contributed by atoms with Crippen LogP contribution in [0.15, 0.2) is 91.1 Å². The molecule has 0 bridgehead atoms. The van der Waals surface area contributed by atoms with Gasteiger partial charge in [0.25, 0.3) is 0 Å². The average Bonchev–Trinajstić information content (AvgIpc) is 2.64. The summed E-state index contributed by atoms with van der Waals surface area (Å²) < 4.78 is 0. The molecule has 0 spiro atoms. The van der Waals surface area contributed by atoms with Gasteiger partial charge in [0.1, 0.15) is 0 Å². The van der Waals surface area contributed by atoms with Gasteiger partial charge in [-0.25, -0.2) is 0 Å². The van der Waals surface area contributed by atoms with Crippen molar-refractivity contribution in [2.75, 3.05) is 0 Å². The molecule has 1 heterocycles. The van der Waals surface area contributed by atoms with E-state index in [1.807, 2.05) is 12.3 Å². The minimum Gasteiger partial charge on any atom is -0.260 e. The lowest BCUT2D eigenvalue weighted by molar-refractivity contribution is 0.919. The second-order valence-electron chi connectivity index (χ2n) is 6.16. The molecule has 0 amide bonds. The Balaban J connectivity index is 1.94. The molecule has 0 aliphatic heterocycles. The molecular formula is C23H19N. The van der Waals surface area contributed by atoms with Gasteiger partial charge in [-0.1, -0.05) is 72.8 Å². The van der Waals surface area contributed by atoms with Crippen LogP contribution in [0.2, 0.25) is 0 Å². The first-order valence-corrected chi connectivity index (χ1v) is 8.28. The lowest BCUT2D eigenvalue weighted by Crippen LogP contribution is -2.05. The Morgan fingerprint density at radius 3 is 2.25 bits per heavy atom. The molecule has 1 nitrogen and oxygen atoms in total. The molecule has 4 aromatic rings. The maximum atomic E-state index is 4.64. The molecule has 116 valence electrons. The van der Waals surface area contributed by atoms with Gasteiger partial charge >= 0.3 is 0 Å². The zero-order valence-electron chi connectivity index (χ0n) is 13.7. The fourth-order valence-electron chi connectivity index (χ4n) is 3.42. The van der Waals surface area contributed by atoms with Crippen LogP contribution in [0.25, 0.3) is 10.8 Å². The summed E-state index contributed by atoms with van der Waals surface area (Å²) >= 11 is 0. The third-order valence-corrected chi connectivity index (χ3v) is 4.54. The first kappa shape index (κ1) is 14.6. The Morgan fingerprint density at radius 1 is 0.708 bits per heavy atom. The molecule has 0 N–H and O–H groups in total. The zero-order chi connectivity index (χ0) is 16.4. The standard InChI is InChI=1S/C23H19N/c1-17-15-20(16-19-11-5-6-12-21(17)19)23(18-9-3-2-4-10-18)22-13-7-8-14-24-22/h2-16,23H,1H3. The molecule has 0 saturated heterocycles. The molecular weight excluding hydrogens is 290 g/mol. The summed E-state index contributed by atoms with van der Waals surface area (Å²) in [7, 11) is 0. The zero-order valence-corrected chi connectivity index (χ0v) is 13.7. The summed E-state index contributed by atoms with van der Waals surface area (Å²) in [6.07, 6.45) is 1.87. The van der Waals surface area contributed by atoms with Crippen LogP contribution >= 0.6 is 0 Å². The number of hydrogen-bond acceptors (Lipinski definition) is 1. The fraction of sp³-hybridized carbons (Fsp3) is 0.0870. The number of rotatable bonds is 3. The molecule has 1 unspecified atom stereocenters. The highest BCUT2D eigenvalue weighted by atomic mass is 14.7. The predicted molar refractivity (Wildman–Crippen MR) is 100 cm³/mol. The molecule has 4 rings (SSSR count). The number of aromatic nitrogens is 1. The first-order chi connectivity index (χ1) is 11.8. The molecule has 1 aromatic heterocycles. The van der Waals surface area contributed by atoms with Crippen molar-refractivity contribution in [3.05, 3.63) is 114 Å². The van der Waals surface area contributed by atoms with Crippen LogP contribution in [-0.2, 0) is 0 Å². The molecule has 0 aliphatic carbocycles. The third-order valence-electron chi connectivity index (χ3n) is 4.54. The molecule has 1 heteroatoms. The van der Waals surface area contributed by atoms with Gasteiger partial charge in [-0.05, 0) is 46.5 Å². The topological polar surface area (TPSA) is 12.9 Å². The monoisotopic (exact) mass is 309 g/mol. The Labute approximate surface area is 142 Å². The number of pyridine rings is 1. The van der Waals surface area contributed by atoms with Crippen LogP contribution in [0.4, 0.5) is 0 Å². The molecule has 3 aromatic carbocycles. The molecule has 0 fully saturated rings. The molecule has 0 radical (unpaired) electrons. The highest BCUT2D eigenvalue weighted by Gasteiger charge is 2.18. The average molecular weight is 309 g/mol. The van der Waals surface area contributed by atoms with Crippen LogP contribution in [0.5, 0.6) is 0 Å². The smallest absolute Gasteiger partial charge is 0.0522 e. The fourth-order valence-corrected chi connectivity index (χ4v) is 3.42. The predicted octanol–water partition coefficient (Wildman–Crippen LogP) is 5.72. The van der Waals surface area contributed by atoms with Crippen molar-refractivity contribution in [1.29, 1.82) is 0 Å². The van der Waals surface area contributed by atoms with Crippen molar-refractivity contribution in [3.63, 3.8) is 0 Å². The normalized spacial score (nSPS) is 12.2. The van der Waals surface area contributed by atoms with Crippen LogP contribution in [0, 0.1) is 6.92 Å². The molecule has 0 aliphatic rings. The summed E-state index contributed by atoms with van der Waals surface area (Å²) in [6, 6.07) is 29.9. The van der Waals surface area contributed by atoms with E-state index in [2.05, 4.69) is 90.8 Å². The Hall–Kier alpha value is -2.93. The summed E-state index contributed by atoms with van der Waals surface area (Å²) in [4.78, 5) is 4.64. The summed E-state index contributed by atoms with van der Waals surface area (Å²) in [5.41, 5.74) is 4.94. The summed E-state index contributed by atoms with van der Waals surface area (Å²) in [5.74, 6) is 0.149. The Morgan fingerprint density at radius 2 is 1.46 bits per heavy atom. The van der Waals surface area contributed by atoms with Gasteiger partial charge in [-0.2, -0.15) is 0 Å². The third kappa shape index (κ3) is 2.69. The highest BCUT2D eigenvalue weighted by Crippen LogP contribution is 2.33. The van der Waals surface area contributed by atoms with Crippen LogP contribution in [0.1, 0.15) is 28.3 Å². The van der Waals surface area contributed by atoms with E-state index in [0.29, 0.717) is 0 Å². The second-order valence-corrected chi connectivity index (χ2v) is 6.16. The number of aryl methyl sites for hydroxylation is 1. The van der Waals surface area contributed by atoms with E-state index in [9.17, 15) is 0 Å². The van der Waals surface area contributed by atoms with E-state index in [1.165, 1.54) is 27.5 Å². The van der Waals surface area contributed by atoms with E-state index in [0.717, 1.165) is 5.69 Å². The van der Waals surface area contributed by atoms with Crippen LogP contribution in [-0.4, -0.2) is 4.98 Å². The van der Waals surface area contributed by atoms with Gasteiger partial charge in [0.05, 0.1) is 11.6 Å². The van der Waals surface area contributed by atoms with Crippen molar-refractivity contribution in [3.8, 4) is 0 Å². The Bertz CT molecular complexity index is 919. The number of nitrogens with zero attached hydrogens (tertiary/aromatic N) is 1. The van der Waals surface area contributed by atoms with E-state index < -0.39 is 0 Å². The van der Waals surface area contributed by atoms with Gasteiger partial charge in [-0.15, -0.1) is 0 Å². The lowest BCUT2D eigenvalue weighted by atomic mass is 9.86. The van der Waals surface area contributed by atoms with Crippen molar-refractivity contribution >= 4 is 10.8 Å². The second kappa shape index (κ2) is 6.29. The lowest BCUT2D eigenvalue weighted by Gasteiger charge is -2.19. The number of hydrogen-bond donors (Lipinski definition) is 0. The highest BCUT2D eigenvalue weighted by molar-refractivity contribution is 5.86. The van der Waals surface area contributed by atoms with Crippen molar-refractivity contribution in [2.45, 2.75) is 12.8 Å². The van der Waals surface area contributed by atoms with Crippen molar-refractivity contribution in [2.24, 2.45) is 0 Å². The van der Waals surface area contributed by atoms with E-state index >= 15 is 0 Å². The SMILES string of the molecule is Cc1cc(C(c2ccccc2)c2ccccn2)cc2ccccc12. The number of fused-ring (bicyclic) bond motifs is 1. The maximum absolute atomic E-state index is 4.64. The minimum absolute atomic E-state index is 0.149. The van der Waals surface area contributed by atoms with E-state index in [4.69, 9.17) is 0 Å². The quantitative estimate of drug-likeness (QED) is 0.471. The molecule has 24 heavy (non-hydrogen) atoms. The summed E-state index contributed by atoms with van der Waals surface area (Å²) in [5, 5.41) is 2.60. The largest absolute Gasteiger partial charge is 0.260 e. The minimum atomic E-state index is 0.149.